The highest BCUT2D eigenvalue weighted by atomic mass is 19.1. The Labute approximate surface area is 179 Å². The zero-order valence-electron chi connectivity index (χ0n) is 17.9. The van der Waals surface area contributed by atoms with Crippen LogP contribution in [-0.2, 0) is 4.74 Å². The molecular formula is C24H23FN4O2. The van der Waals surface area contributed by atoms with Gasteiger partial charge in [-0.1, -0.05) is 17.7 Å². The van der Waals surface area contributed by atoms with Crippen molar-refractivity contribution in [3.8, 4) is 5.69 Å². The first-order valence-electron chi connectivity index (χ1n) is 10.1. The first kappa shape index (κ1) is 20.5. The van der Waals surface area contributed by atoms with Gasteiger partial charge in [0.2, 0.25) is 5.82 Å². The number of aryl methyl sites for hydroxylation is 2. The number of nitrogens with one attached hydrogen (secondary N) is 1. The molecule has 0 aliphatic rings. The number of benzene rings is 2. The van der Waals surface area contributed by atoms with Crippen LogP contribution in [0.4, 0.5) is 15.9 Å². The van der Waals surface area contributed by atoms with Crippen LogP contribution in [0, 0.1) is 26.6 Å². The summed E-state index contributed by atoms with van der Waals surface area (Å²) in [7, 11) is 0. The fourth-order valence-electron chi connectivity index (χ4n) is 3.52. The molecule has 0 spiro atoms. The average molecular weight is 418 g/mol. The molecule has 2 heterocycles. The molecule has 0 atom stereocenters. The average Bonchev–Trinajstić information content (AvgIpc) is 3.01. The molecule has 0 unspecified atom stereocenters. The van der Waals surface area contributed by atoms with Gasteiger partial charge in [0.1, 0.15) is 11.6 Å². The lowest BCUT2D eigenvalue weighted by Gasteiger charge is -2.11. The monoisotopic (exact) mass is 418 g/mol. The van der Waals surface area contributed by atoms with E-state index < -0.39 is 5.97 Å². The van der Waals surface area contributed by atoms with Gasteiger partial charge in [0, 0.05) is 17.1 Å². The topological polar surface area (TPSA) is 69.0 Å². The van der Waals surface area contributed by atoms with Crippen molar-refractivity contribution in [1.82, 2.24) is 14.5 Å². The van der Waals surface area contributed by atoms with E-state index in [1.54, 1.807) is 19.1 Å². The number of nitrogens with zero attached hydrogens (tertiary/aromatic N) is 3. The van der Waals surface area contributed by atoms with Gasteiger partial charge in [0.25, 0.3) is 0 Å². The minimum atomic E-state index is -0.599. The maximum Gasteiger partial charge on any atom is 0.376 e. The number of esters is 1. The third-order valence-corrected chi connectivity index (χ3v) is 5.21. The summed E-state index contributed by atoms with van der Waals surface area (Å²) in [6, 6.07) is 14.0. The molecule has 4 rings (SSSR count). The molecule has 4 aromatic rings. The maximum atomic E-state index is 13.4. The van der Waals surface area contributed by atoms with Gasteiger partial charge >= 0.3 is 5.97 Å². The summed E-state index contributed by atoms with van der Waals surface area (Å²) in [5, 5.41) is 4.00. The second-order valence-electron chi connectivity index (χ2n) is 7.33. The Hall–Kier alpha value is -3.74. The Kier molecular flexibility index (Phi) is 5.42. The van der Waals surface area contributed by atoms with Crippen LogP contribution in [0.1, 0.15) is 34.4 Å². The van der Waals surface area contributed by atoms with E-state index in [4.69, 9.17) is 4.74 Å². The zero-order valence-corrected chi connectivity index (χ0v) is 17.9. The zero-order chi connectivity index (χ0) is 22.1. The van der Waals surface area contributed by atoms with E-state index in [-0.39, 0.29) is 18.2 Å². The summed E-state index contributed by atoms with van der Waals surface area (Å²) in [6.45, 7) is 7.98. The van der Waals surface area contributed by atoms with E-state index in [0.717, 1.165) is 27.9 Å². The van der Waals surface area contributed by atoms with Crippen molar-refractivity contribution in [1.29, 1.82) is 0 Å². The Bertz CT molecular complexity index is 1260. The van der Waals surface area contributed by atoms with Gasteiger partial charge in [-0.05, 0) is 69.7 Å². The lowest BCUT2D eigenvalue weighted by atomic mass is 10.2. The van der Waals surface area contributed by atoms with Crippen LogP contribution in [-0.4, -0.2) is 27.1 Å². The number of ether oxygens (including phenoxy) is 1. The van der Waals surface area contributed by atoms with E-state index in [1.807, 2.05) is 49.6 Å². The number of hydrogen-bond acceptors (Lipinski definition) is 5. The molecule has 2 aromatic heterocycles. The predicted octanol–water partition coefficient (Wildman–Crippen LogP) is 5.41. The first-order chi connectivity index (χ1) is 14.9. The third-order valence-electron chi connectivity index (χ3n) is 5.21. The number of rotatable bonds is 5. The lowest BCUT2D eigenvalue weighted by molar-refractivity contribution is 0.0512. The van der Waals surface area contributed by atoms with Crippen LogP contribution in [0.5, 0.6) is 0 Å². The summed E-state index contributed by atoms with van der Waals surface area (Å²) < 4.78 is 20.5. The predicted molar refractivity (Wildman–Crippen MR) is 119 cm³/mol. The Balaban J connectivity index is 1.96. The normalized spacial score (nSPS) is 11.0. The van der Waals surface area contributed by atoms with E-state index in [1.165, 1.54) is 12.1 Å². The molecule has 0 saturated heterocycles. The summed E-state index contributed by atoms with van der Waals surface area (Å²) in [4.78, 5) is 21.5. The van der Waals surface area contributed by atoms with Crippen molar-refractivity contribution < 1.29 is 13.9 Å². The van der Waals surface area contributed by atoms with E-state index in [0.29, 0.717) is 17.2 Å². The second-order valence-corrected chi connectivity index (χ2v) is 7.33. The van der Waals surface area contributed by atoms with Gasteiger partial charge in [-0.15, -0.1) is 0 Å². The van der Waals surface area contributed by atoms with Crippen molar-refractivity contribution in [2.45, 2.75) is 27.7 Å². The number of hydrogen-bond donors (Lipinski definition) is 1. The summed E-state index contributed by atoms with van der Waals surface area (Å²) in [5.41, 5.74) is 5.29. The van der Waals surface area contributed by atoms with Crippen LogP contribution in [0.3, 0.4) is 0 Å². The first-order valence-corrected chi connectivity index (χ1v) is 10.1. The highest BCUT2D eigenvalue weighted by molar-refractivity contribution is 5.97. The van der Waals surface area contributed by atoms with Crippen molar-refractivity contribution in [2.75, 3.05) is 11.9 Å². The SMILES string of the molecule is CCOC(=O)c1nc(Nc2ccc(F)cc2)c2c(C)c(C)n(-c3ccc(C)cc3)c2n1. The largest absolute Gasteiger partial charge is 0.460 e. The standard InChI is InChI=1S/C24H23FN4O2/c1-5-31-24(30)22-27-21(26-18-10-8-17(25)9-11-18)20-15(3)16(4)29(23(20)28-22)19-12-6-14(2)7-13-19/h6-13H,5H2,1-4H3,(H,26,27,28). The van der Waals surface area contributed by atoms with Gasteiger partial charge in [-0.3, -0.25) is 4.57 Å². The lowest BCUT2D eigenvalue weighted by Crippen LogP contribution is -2.12. The van der Waals surface area contributed by atoms with E-state index in [9.17, 15) is 9.18 Å². The molecule has 0 aliphatic carbocycles. The molecule has 0 fully saturated rings. The minimum Gasteiger partial charge on any atom is -0.460 e. The molecule has 1 N–H and O–H groups in total. The minimum absolute atomic E-state index is 0.0372. The van der Waals surface area contributed by atoms with E-state index in [2.05, 4.69) is 15.3 Å². The third kappa shape index (κ3) is 3.86. The van der Waals surface area contributed by atoms with Gasteiger partial charge in [-0.25, -0.2) is 19.2 Å². The quantitative estimate of drug-likeness (QED) is 0.439. The van der Waals surface area contributed by atoms with Crippen LogP contribution in [0.15, 0.2) is 48.5 Å². The molecule has 158 valence electrons. The summed E-state index contributed by atoms with van der Waals surface area (Å²) >= 11 is 0. The number of fused-ring (bicyclic) bond motifs is 1. The smallest absolute Gasteiger partial charge is 0.376 e. The Morgan fingerprint density at radius 3 is 2.35 bits per heavy atom. The van der Waals surface area contributed by atoms with Gasteiger partial charge in [0.15, 0.2) is 5.65 Å². The summed E-state index contributed by atoms with van der Waals surface area (Å²) in [6.07, 6.45) is 0. The fourth-order valence-corrected chi connectivity index (χ4v) is 3.52. The number of carbonyl (C=O) groups excluding carboxylic acids is 1. The molecule has 6 nitrogen and oxygen atoms in total. The fraction of sp³-hybridized carbons (Fsp3) is 0.208. The van der Waals surface area contributed by atoms with Gasteiger partial charge in [0.05, 0.1) is 12.0 Å². The molecule has 7 heteroatoms. The van der Waals surface area contributed by atoms with Crippen molar-refractivity contribution in [2.24, 2.45) is 0 Å². The van der Waals surface area contributed by atoms with Crippen molar-refractivity contribution >= 4 is 28.5 Å². The Morgan fingerprint density at radius 2 is 1.71 bits per heavy atom. The molecule has 0 saturated carbocycles. The Morgan fingerprint density at radius 1 is 1.03 bits per heavy atom. The maximum absolute atomic E-state index is 13.4. The summed E-state index contributed by atoms with van der Waals surface area (Å²) in [5.74, 6) is -0.502. The number of carbonyl (C=O) groups is 1. The van der Waals surface area contributed by atoms with Crippen molar-refractivity contribution in [3.63, 3.8) is 0 Å². The van der Waals surface area contributed by atoms with Gasteiger partial charge in [-0.2, -0.15) is 0 Å². The molecule has 31 heavy (non-hydrogen) atoms. The number of aromatic nitrogens is 3. The highest BCUT2D eigenvalue weighted by Gasteiger charge is 2.22. The van der Waals surface area contributed by atoms with Crippen LogP contribution < -0.4 is 5.32 Å². The molecule has 0 aliphatic heterocycles. The van der Waals surface area contributed by atoms with E-state index >= 15 is 0 Å². The second kappa shape index (κ2) is 8.18. The van der Waals surface area contributed by atoms with Crippen LogP contribution in [0.2, 0.25) is 0 Å². The molecule has 0 amide bonds. The van der Waals surface area contributed by atoms with Crippen molar-refractivity contribution in [3.05, 3.63) is 77.0 Å². The van der Waals surface area contributed by atoms with Gasteiger partial charge < -0.3 is 10.1 Å². The highest BCUT2D eigenvalue weighted by Crippen LogP contribution is 2.33. The van der Waals surface area contributed by atoms with Crippen LogP contribution >= 0.6 is 0 Å². The molecule has 2 aromatic carbocycles. The molecular weight excluding hydrogens is 395 g/mol. The van der Waals surface area contributed by atoms with Crippen LogP contribution in [0.25, 0.3) is 16.7 Å². The molecule has 0 radical (unpaired) electrons. The number of anilines is 2. The number of halogens is 1. The molecule has 0 bridgehead atoms.